The minimum atomic E-state index is 0.749. The Kier molecular flexibility index (Phi) is 4.04. The van der Waals surface area contributed by atoms with Crippen molar-refractivity contribution in [1.29, 1.82) is 0 Å². The molecule has 0 saturated carbocycles. The normalized spacial score (nSPS) is 10.4. The molecule has 88 valence electrons. The SMILES string of the molecule is CCc1ccccc1CSc1cccc[n+]1[O-]. The molecule has 0 spiro atoms. The van der Waals surface area contributed by atoms with Crippen molar-refractivity contribution in [2.24, 2.45) is 0 Å². The second-order valence-corrected chi connectivity index (χ2v) is 4.77. The van der Waals surface area contributed by atoms with Gasteiger partial charge >= 0.3 is 0 Å². The van der Waals surface area contributed by atoms with Crippen LogP contribution < -0.4 is 4.73 Å². The van der Waals surface area contributed by atoms with Gasteiger partial charge in [0, 0.05) is 17.9 Å². The van der Waals surface area contributed by atoms with Crippen LogP contribution in [0.4, 0.5) is 0 Å². The van der Waals surface area contributed by atoms with Gasteiger partial charge in [-0.1, -0.05) is 43.0 Å². The summed E-state index contributed by atoms with van der Waals surface area (Å²) in [4.78, 5) is 0. The van der Waals surface area contributed by atoms with Crippen LogP contribution in [0.2, 0.25) is 0 Å². The molecule has 0 radical (unpaired) electrons. The molecule has 1 aromatic heterocycles. The molecule has 0 aliphatic carbocycles. The van der Waals surface area contributed by atoms with Crippen molar-refractivity contribution in [3.63, 3.8) is 0 Å². The molecule has 0 fully saturated rings. The highest BCUT2D eigenvalue weighted by molar-refractivity contribution is 7.98. The Bertz CT molecular complexity index is 499. The number of rotatable bonds is 4. The van der Waals surface area contributed by atoms with E-state index in [0.29, 0.717) is 0 Å². The molecule has 1 aromatic carbocycles. The van der Waals surface area contributed by atoms with Crippen molar-refractivity contribution in [3.8, 4) is 0 Å². The Balaban J connectivity index is 2.10. The zero-order chi connectivity index (χ0) is 12.1. The fourth-order valence-corrected chi connectivity index (χ4v) is 2.67. The van der Waals surface area contributed by atoms with Gasteiger partial charge in [-0.05, 0) is 23.6 Å². The van der Waals surface area contributed by atoms with Crippen LogP contribution in [0.25, 0.3) is 0 Å². The number of aryl methyl sites for hydroxylation is 1. The van der Waals surface area contributed by atoms with Crippen molar-refractivity contribution in [2.75, 3.05) is 0 Å². The standard InChI is InChI=1S/C14H15NOS/c1-2-12-7-3-4-8-13(12)11-17-14-9-5-6-10-15(14)16/h3-10H,2,11H2,1H3. The maximum absolute atomic E-state index is 11.5. The Morgan fingerprint density at radius 3 is 2.47 bits per heavy atom. The van der Waals surface area contributed by atoms with E-state index in [9.17, 15) is 5.21 Å². The van der Waals surface area contributed by atoms with E-state index in [4.69, 9.17) is 0 Å². The number of hydrogen-bond acceptors (Lipinski definition) is 2. The van der Waals surface area contributed by atoms with Gasteiger partial charge in [-0.15, -0.1) is 0 Å². The molecule has 1 heterocycles. The van der Waals surface area contributed by atoms with Crippen molar-refractivity contribution < 1.29 is 4.73 Å². The number of pyridine rings is 1. The molecule has 0 bridgehead atoms. The summed E-state index contributed by atoms with van der Waals surface area (Å²) in [5.74, 6) is 0.844. The van der Waals surface area contributed by atoms with E-state index in [1.807, 2.05) is 18.2 Å². The van der Waals surface area contributed by atoms with Crippen LogP contribution in [0.3, 0.4) is 0 Å². The Labute approximate surface area is 106 Å². The number of hydrogen-bond donors (Lipinski definition) is 0. The van der Waals surface area contributed by atoms with Crippen LogP contribution in [0.15, 0.2) is 53.7 Å². The lowest BCUT2D eigenvalue weighted by Gasteiger charge is -2.07. The molecule has 17 heavy (non-hydrogen) atoms. The second kappa shape index (κ2) is 5.73. The summed E-state index contributed by atoms with van der Waals surface area (Å²) >= 11 is 1.58. The third kappa shape index (κ3) is 3.01. The summed E-state index contributed by atoms with van der Waals surface area (Å²) in [7, 11) is 0. The van der Waals surface area contributed by atoms with Gasteiger partial charge in [0.2, 0.25) is 0 Å². The molecular weight excluding hydrogens is 230 g/mol. The van der Waals surface area contributed by atoms with Crippen LogP contribution in [-0.2, 0) is 12.2 Å². The van der Waals surface area contributed by atoms with Gasteiger partial charge in [0.1, 0.15) is 0 Å². The predicted octanol–water partition coefficient (Wildman–Crippen LogP) is 3.17. The van der Waals surface area contributed by atoms with E-state index in [1.54, 1.807) is 17.8 Å². The number of benzene rings is 1. The van der Waals surface area contributed by atoms with Crippen molar-refractivity contribution in [3.05, 3.63) is 65.0 Å². The highest BCUT2D eigenvalue weighted by Gasteiger charge is 2.06. The van der Waals surface area contributed by atoms with Crippen LogP contribution in [0.1, 0.15) is 18.1 Å². The number of thioether (sulfide) groups is 1. The average Bonchev–Trinajstić information content (AvgIpc) is 2.38. The lowest BCUT2D eigenvalue weighted by molar-refractivity contribution is -0.645. The van der Waals surface area contributed by atoms with E-state index in [1.165, 1.54) is 17.3 Å². The van der Waals surface area contributed by atoms with Crippen LogP contribution in [0.5, 0.6) is 0 Å². The first-order chi connectivity index (χ1) is 8.31. The van der Waals surface area contributed by atoms with Gasteiger partial charge in [-0.3, -0.25) is 0 Å². The molecule has 2 aromatic rings. The molecule has 2 rings (SSSR count). The summed E-state index contributed by atoms with van der Waals surface area (Å²) in [5, 5.41) is 12.2. The third-order valence-corrected chi connectivity index (χ3v) is 3.73. The van der Waals surface area contributed by atoms with Crippen LogP contribution >= 0.6 is 11.8 Å². The quantitative estimate of drug-likeness (QED) is 0.470. The second-order valence-electron chi connectivity index (χ2n) is 3.78. The fraction of sp³-hybridized carbons (Fsp3) is 0.214. The molecule has 0 atom stereocenters. The lowest BCUT2D eigenvalue weighted by atomic mass is 10.1. The van der Waals surface area contributed by atoms with Gasteiger partial charge in [-0.2, -0.15) is 4.73 Å². The number of nitrogens with zero attached hydrogens (tertiary/aromatic N) is 1. The zero-order valence-electron chi connectivity index (χ0n) is 9.80. The van der Waals surface area contributed by atoms with Gasteiger partial charge in [0.25, 0.3) is 5.03 Å². The maximum Gasteiger partial charge on any atom is 0.251 e. The minimum Gasteiger partial charge on any atom is -0.618 e. The third-order valence-electron chi connectivity index (χ3n) is 2.66. The summed E-state index contributed by atoms with van der Waals surface area (Å²) in [6.07, 6.45) is 2.57. The number of aromatic nitrogens is 1. The first-order valence-corrected chi connectivity index (χ1v) is 6.67. The van der Waals surface area contributed by atoms with Crippen molar-refractivity contribution in [2.45, 2.75) is 24.1 Å². The summed E-state index contributed by atoms with van der Waals surface area (Å²) in [6.45, 7) is 2.15. The highest BCUT2D eigenvalue weighted by Crippen LogP contribution is 2.21. The van der Waals surface area contributed by atoms with Crippen LogP contribution in [0, 0.1) is 5.21 Å². The Hall–Kier alpha value is -1.48. The first-order valence-electron chi connectivity index (χ1n) is 5.69. The highest BCUT2D eigenvalue weighted by atomic mass is 32.2. The van der Waals surface area contributed by atoms with E-state index in [0.717, 1.165) is 21.9 Å². The average molecular weight is 245 g/mol. The molecule has 0 aliphatic rings. The Morgan fingerprint density at radius 1 is 1.06 bits per heavy atom. The molecule has 3 heteroatoms. The first kappa shape index (κ1) is 12.0. The van der Waals surface area contributed by atoms with E-state index < -0.39 is 0 Å². The zero-order valence-corrected chi connectivity index (χ0v) is 10.6. The van der Waals surface area contributed by atoms with Gasteiger partial charge in [-0.25, -0.2) is 0 Å². The molecule has 0 aliphatic heterocycles. The smallest absolute Gasteiger partial charge is 0.251 e. The molecule has 0 saturated heterocycles. The van der Waals surface area contributed by atoms with Crippen molar-refractivity contribution >= 4 is 11.8 Å². The van der Waals surface area contributed by atoms with E-state index >= 15 is 0 Å². The predicted molar refractivity (Wildman–Crippen MR) is 70.8 cm³/mol. The fourth-order valence-electron chi connectivity index (χ4n) is 1.72. The van der Waals surface area contributed by atoms with Gasteiger partial charge in [0.05, 0.1) is 0 Å². The topological polar surface area (TPSA) is 26.9 Å². The Morgan fingerprint density at radius 2 is 1.76 bits per heavy atom. The van der Waals surface area contributed by atoms with Gasteiger partial charge in [0.15, 0.2) is 6.20 Å². The maximum atomic E-state index is 11.5. The van der Waals surface area contributed by atoms with Gasteiger partial charge < -0.3 is 5.21 Å². The van der Waals surface area contributed by atoms with E-state index in [-0.39, 0.29) is 0 Å². The molecule has 2 nitrogen and oxygen atoms in total. The molecule has 0 amide bonds. The molecule has 0 N–H and O–H groups in total. The lowest BCUT2D eigenvalue weighted by Crippen LogP contribution is -2.27. The summed E-state index contributed by atoms with van der Waals surface area (Å²) in [6, 6.07) is 13.9. The summed E-state index contributed by atoms with van der Waals surface area (Å²) in [5.41, 5.74) is 2.66. The monoisotopic (exact) mass is 245 g/mol. The van der Waals surface area contributed by atoms with Crippen molar-refractivity contribution in [1.82, 2.24) is 0 Å². The molecule has 0 unspecified atom stereocenters. The molecular formula is C14H15NOS. The summed E-state index contributed by atoms with van der Waals surface area (Å²) < 4.78 is 0.916. The minimum absolute atomic E-state index is 0.749. The largest absolute Gasteiger partial charge is 0.618 e. The van der Waals surface area contributed by atoms with E-state index in [2.05, 4.69) is 25.1 Å². The van der Waals surface area contributed by atoms with Crippen LogP contribution in [-0.4, -0.2) is 0 Å².